The molecule has 0 saturated heterocycles. The molecule has 2 aromatic rings. The molecule has 1 aliphatic heterocycles. The number of nitrogens with two attached hydrogens (primary N) is 1. The zero-order chi connectivity index (χ0) is 13.4. The van der Waals surface area contributed by atoms with E-state index in [4.69, 9.17) is 15.2 Å². The molecular weight excluding hydrogens is 258 g/mol. The summed E-state index contributed by atoms with van der Waals surface area (Å²) in [5, 5.41) is 2.01. The van der Waals surface area contributed by atoms with Crippen LogP contribution in [0.5, 0.6) is 11.5 Å². The number of hydrogen-bond donors (Lipinski definition) is 1. The van der Waals surface area contributed by atoms with Gasteiger partial charge in [-0.05, 0) is 35.6 Å². The van der Waals surface area contributed by atoms with Crippen molar-refractivity contribution in [1.82, 2.24) is 0 Å². The Bertz CT molecular complexity index is 594. The first-order chi connectivity index (χ1) is 9.19. The Morgan fingerprint density at radius 2 is 2.26 bits per heavy atom. The Morgan fingerprint density at radius 3 is 3.05 bits per heavy atom. The Morgan fingerprint density at radius 1 is 1.42 bits per heavy atom. The van der Waals surface area contributed by atoms with Gasteiger partial charge in [0.25, 0.3) is 0 Å². The number of methoxy groups -OCH3 is 1. The summed E-state index contributed by atoms with van der Waals surface area (Å²) in [6.45, 7) is 2.09. The zero-order valence-corrected chi connectivity index (χ0v) is 11.9. The summed E-state index contributed by atoms with van der Waals surface area (Å²) in [6, 6.07) is 8.03. The molecule has 1 aromatic heterocycles. The molecular formula is C15H17NO2S. The van der Waals surface area contributed by atoms with Crippen molar-refractivity contribution in [3.63, 3.8) is 0 Å². The van der Waals surface area contributed by atoms with E-state index in [1.54, 1.807) is 18.4 Å². The van der Waals surface area contributed by atoms with Gasteiger partial charge in [-0.25, -0.2) is 0 Å². The first kappa shape index (κ1) is 12.5. The van der Waals surface area contributed by atoms with Crippen molar-refractivity contribution >= 4 is 11.3 Å². The van der Waals surface area contributed by atoms with E-state index in [1.807, 2.05) is 23.6 Å². The van der Waals surface area contributed by atoms with Gasteiger partial charge in [0.1, 0.15) is 17.6 Å². The smallest absolute Gasteiger partial charge is 0.134 e. The predicted molar refractivity (Wildman–Crippen MR) is 77.1 cm³/mol. The van der Waals surface area contributed by atoms with E-state index in [0.29, 0.717) is 0 Å². The van der Waals surface area contributed by atoms with Crippen LogP contribution in [0.4, 0.5) is 0 Å². The van der Waals surface area contributed by atoms with E-state index in [-0.39, 0.29) is 12.1 Å². The normalized spacial score (nSPS) is 18.8. The molecule has 4 heteroatoms. The van der Waals surface area contributed by atoms with Crippen LogP contribution in [0, 0.1) is 0 Å². The lowest BCUT2D eigenvalue weighted by Gasteiger charge is -2.13. The van der Waals surface area contributed by atoms with Crippen molar-refractivity contribution in [3.8, 4) is 11.5 Å². The highest BCUT2D eigenvalue weighted by atomic mass is 32.1. The molecule has 0 saturated carbocycles. The first-order valence-electron chi connectivity index (χ1n) is 6.35. The molecule has 2 heterocycles. The Kier molecular flexibility index (Phi) is 3.21. The highest BCUT2D eigenvalue weighted by Crippen LogP contribution is 2.36. The average Bonchev–Trinajstić information content (AvgIpc) is 3.01. The van der Waals surface area contributed by atoms with Crippen molar-refractivity contribution in [1.29, 1.82) is 0 Å². The fraction of sp³-hybridized carbons (Fsp3) is 0.333. The number of benzene rings is 1. The second-order valence-electron chi connectivity index (χ2n) is 4.83. The fourth-order valence-electron chi connectivity index (χ4n) is 2.49. The van der Waals surface area contributed by atoms with Gasteiger partial charge in [0.15, 0.2) is 0 Å². The number of hydrogen-bond acceptors (Lipinski definition) is 4. The maximum absolute atomic E-state index is 6.36. The lowest BCUT2D eigenvalue weighted by molar-refractivity contribution is 0.254. The van der Waals surface area contributed by atoms with Crippen LogP contribution in [-0.4, -0.2) is 13.2 Å². The molecule has 0 bridgehead atoms. The summed E-state index contributed by atoms with van der Waals surface area (Å²) in [6.07, 6.45) is 1.22. The molecule has 0 radical (unpaired) electrons. The van der Waals surface area contributed by atoms with Crippen LogP contribution in [-0.2, 0) is 6.42 Å². The lowest BCUT2D eigenvalue weighted by atomic mass is 10.0. The molecule has 19 heavy (non-hydrogen) atoms. The average molecular weight is 275 g/mol. The van der Waals surface area contributed by atoms with Crippen molar-refractivity contribution < 1.29 is 9.47 Å². The molecule has 1 aliphatic rings. The summed E-state index contributed by atoms with van der Waals surface area (Å²) >= 11 is 1.63. The molecule has 3 nitrogen and oxygen atoms in total. The molecule has 2 atom stereocenters. The Hall–Kier alpha value is -1.52. The second kappa shape index (κ2) is 4.87. The van der Waals surface area contributed by atoms with Crippen LogP contribution in [0.1, 0.15) is 29.0 Å². The van der Waals surface area contributed by atoms with Crippen LogP contribution in [0.25, 0.3) is 0 Å². The summed E-state index contributed by atoms with van der Waals surface area (Å²) < 4.78 is 11.1. The van der Waals surface area contributed by atoms with Gasteiger partial charge in [0.05, 0.1) is 18.0 Å². The standard InChI is InChI=1S/C15H17NO2S/c1-9-7-11-8-10(3-4-12(11)18-9)14(16)15-13(17-2)5-6-19-15/h3-6,8-9,14H,7,16H2,1-2H3. The summed E-state index contributed by atoms with van der Waals surface area (Å²) in [5.41, 5.74) is 8.71. The maximum atomic E-state index is 6.36. The fourth-order valence-corrected chi connectivity index (χ4v) is 3.38. The molecule has 0 aliphatic carbocycles. The van der Waals surface area contributed by atoms with Crippen LogP contribution < -0.4 is 15.2 Å². The third-order valence-corrected chi connectivity index (χ3v) is 4.42. The van der Waals surface area contributed by atoms with Gasteiger partial charge in [-0.2, -0.15) is 0 Å². The maximum Gasteiger partial charge on any atom is 0.134 e. The van der Waals surface area contributed by atoms with Crippen LogP contribution in [0.3, 0.4) is 0 Å². The summed E-state index contributed by atoms with van der Waals surface area (Å²) in [4.78, 5) is 1.06. The summed E-state index contributed by atoms with van der Waals surface area (Å²) in [5.74, 6) is 1.85. The molecule has 1 aromatic carbocycles. The van der Waals surface area contributed by atoms with E-state index in [1.165, 1.54) is 5.56 Å². The van der Waals surface area contributed by atoms with Gasteiger partial charge in [-0.15, -0.1) is 11.3 Å². The van der Waals surface area contributed by atoms with Gasteiger partial charge in [0.2, 0.25) is 0 Å². The predicted octanol–water partition coefficient (Wildman–Crippen LogP) is 3.13. The Balaban J connectivity index is 1.93. The number of ether oxygens (including phenoxy) is 2. The topological polar surface area (TPSA) is 44.5 Å². The number of rotatable bonds is 3. The largest absolute Gasteiger partial charge is 0.496 e. The molecule has 0 fully saturated rings. The lowest BCUT2D eigenvalue weighted by Crippen LogP contribution is -2.11. The molecule has 0 amide bonds. The van der Waals surface area contributed by atoms with E-state index in [0.717, 1.165) is 28.4 Å². The van der Waals surface area contributed by atoms with E-state index in [9.17, 15) is 0 Å². The third kappa shape index (κ3) is 2.22. The van der Waals surface area contributed by atoms with Crippen LogP contribution in [0.15, 0.2) is 29.6 Å². The van der Waals surface area contributed by atoms with Crippen molar-refractivity contribution in [2.75, 3.05) is 7.11 Å². The third-order valence-electron chi connectivity index (χ3n) is 3.44. The van der Waals surface area contributed by atoms with Crippen LogP contribution in [0.2, 0.25) is 0 Å². The SMILES string of the molecule is COc1ccsc1C(N)c1ccc2c(c1)CC(C)O2. The van der Waals surface area contributed by atoms with E-state index < -0.39 is 0 Å². The second-order valence-corrected chi connectivity index (χ2v) is 5.78. The van der Waals surface area contributed by atoms with Gasteiger partial charge in [0, 0.05) is 6.42 Å². The van der Waals surface area contributed by atoms with E-state index >= 15 is 0 Å². The van der Waals surface area contributed by atoms with Crippen molar-refractivity contribution in [3.05, 3.63) is 45.6 Å². The zero-order valence-electron chi connectivity index (χ0n) is 11.1. The minimum Gasteiger partial charge on any atom is -0.496 e. The highest BCUT2D eigenvalue weighted by molar-refractivity contribution is 7.10. The van der Waals surface area contributed by atoms with Gasteiger partial charge < -0.3 is 15.2 Å². The minimum absolute atomic E-state index is 0.142. The molecule has 100 valence electrons. The molecule has 2 N–H and O–H groups in total. The van der Waals surface area contributed by atoms with Crippen LogP contribution >= 0.6 is 11.3 Å². The Labute approximate surface area is 117 Å². The first-order valence-corrected chi connectivity index (χ1v) is 7.23. The van der Waals surface area contributed by atoms with E-state index in [2.05, 4.69) is 13.0 Å². The molecule has 2 unspecified atom stereocenters. The highest BCUT2D eigenvalue weighted by Gasteiger charge is 2.22. The minimum atomic E-state index is -0.142. The van der Waals surface area contributed by atoms with Gasteiger partial charge in [-0.1, -0.05) is 12.1 Å². The monoisotopic (exact) mass is 275 g/mol. The summed E-state index contributed by atoms with van der Waals surface area (Å²) in [7, 11) is 1.68. The van der Waals surface area contributed by atoms with Gasteiger partial charge >= 0.3 is 0 Å². The number of fused-ring (bicyclic) bond motifs is 1. The molecule has 3 rings (SSSR count). The molecule has 0 spiro atoms. The quantitative estimate of drug-likeness (QED) is 0.936. The van der Waals surface area contributed by atoms with Gasteiger partial charge in [-0.3, -0.25) is 0 Å². The van der Waals surface area contributed by atoms with Crippen molar-refractivity contribution in [2.45, 2.75) is 25.5 Å². The number of thiophene rings is 1. The van der Waals surface area contributed by atoms with Crippen molar-refractivity contribution in [2.24, 2.45) is 5.73 Å².